The number of nitrogens with zero attached hydrogens (tertiary/aromatic N) is 2. The van der Waals surface area contributed by atoms with E-state index in [9.17, 15) is 4.79 Å². The molecule has 1 saturated heterocycles. The lowest BCUT2D eigenvalue weighted by Crippen LogP contribution is -2.52. The Kier molecular flexibility index (Phi) is 7.18. The lowest BCUT2D eigenvalue weighted by atomic mass is 10.1. The smallest absolute Gasteiger partial charge is 0.317 e. The number of amides is 2. The molecule has 0 bridgehead atoms. The number of anilines is 1. The number of nitrogens with one attached hydrogen (secondary N) is 1. The van der Waals surface area contributed by atoms with Crippen molar-refractivity contribution in [3.8, 4) is 5.75 Å². The van der Waals surface area contributed by atoms with Crippen LogP contribution in [0, 0.1) is 5.92 Å². The summed E-state index contributed by atoms with van der Waals surface area (Å²) in [4.78, 5) is 16.5. The largest absolute Gasteiger partial charge is 0.489 e. The Morgan fingerprint density at radius 1 is 1.00 bits per heavy atom. The standard InChI is InChI=1S/C23H31N3O2/c1-19(2)12-13-24-23(27)26-16-14-25(15-17-26)21-8-10-22(11-9-21)28-18-20-6-4-3-5-7-20/h3-11,19H,12-18H2,1-2H3,(H,24,27). The van der Waals surface area contributed by atoms with Crippen molar-refractivity contribution in [2.75, 3.05) is 37.6 Å². The van der Waals surface area contributed by atoms with Crippen molar-refractivity contribution in [1.82, 2.24) is 10.2 Å². The number of hydrogen-bond donors (Lipinski definition) is 1. The number of benzene rings is 2. The van der Waals surface area contributed by atoms with Crippen molar-refractivity contribution in [3.05, 3.63) is 60.2 Å². The van der Waals surface area contributed by atoms with Crippen molar-refractivity contribution in [1.29, 1.82) is 0 Å². The van der Waals surface area contributed by atoms with Gasteiger partial charge in [-0.15, -0.1) is 0 Å². The van der Waals surface area contributed by atoms with E-state index < -0.39 is 0 Å². The second-order valence-corrected chi connectivity index (χ2v) is 7.66. The van der Waals surface area contributed by atoms with Crippen LogP contribution in [0.4, 0.5) is 10.5 Å². The van der Waals surface area contributed by atoms with E-state index in [0.717, 1.165) is 50.5 Å². The van der Waals surface area contributed by atoms with Crippen LogP contribution in [0.25, 0.3) is 0 Å². The number of piperazine rings is 1. The molecule has 5 heteroatoms. The van der Waals surface area contributed by atoms with Crippen LogP contribution in [0.15, 0.2) is 54.6 Å². The molecule has 0 aliphatic carbocycles. The minimum absolute atomic E-state index is 0.0601. The van der Waals surface area contributed by atoms with Gasteiger partial charge in [-0.1, -0.05) is 44.2 Å². The molecule has 0 radical (unpaired) electrons. The number of hydrogen-bond acceptors (Lipinski definition) is 3. The lowest BCUT2D eigenvalue weighted by Gasteiger charge is -2.36. The van der Waals surface area contributed by atoms with Crippen molar-refractivity contribution in [2.45, 2.75) is 26.9 Å². The number of rotatable bonds is 7. The van der Waals surface area contributed by atoms with Gasteiger partial charge in [0.2, 0.25) is 0 Å². The van der Waals surface area contributed by atoms with Crippen molar-refractivity contribution in [3.63, 3.8) is 0 Å². The molecule has 1 N–H and O–H groups in total. The van der Waals surface area contributed by atoms with Gasteiger partial charge in [0.1, 0.15) is 12.4 Å². The Bertz CT molecular complexity index is 723. The zero-order chi connectivity index (χ0) is 19.8. The molecule has 0 saturated carbocycles. The molecule has 2 aromatic rings. The summed E-state index contributed by atoms with van der Waals surface area (Å²) >= 11 is 0. The van der Waals surface area contributed by atoms with E-state index in [2.05, 4.69) is 48.3 Å². The summed E-state index contributed by atoms with van der Waals surface area (Å²) < 4.78 is 5.86. The van der Waals surface area contributed by atoms with Gasteiger partial charge in [-0.2, -0.15) is 0 Å². The van der Waals surface area contributed by atoms with E-state index in [1.54, 1.807) is 0 Å². The molecule has 2 aromatic carbocycles. The molecule has 2 amide bonds. The fourth-order valence-electron chi connectivity index (χ4n) is 3.24. The first kappa shape index (κ1) is 20.1. The first-order chi connectivity index (χ1) is 13.6. The fourth-order valence-corrected chi connectivity index (χ4v) is 3.24. The summed E-state index contributed by atoms with van der Waals surface area (Å²) in [6.45, 7) is 8.86. The minimum atomic E-state index is 0.0601. The Morgan fingerprint density at radius 3 is 2.32 bits per heavy atom. The first-order valence-corrected chi connectivity index (χ1v) is 10.2. The van der Waals surface area contributed by atoms with Crippen molar-refractivity contribution < 1.29 is 9.53 Å². The van der Waals surface area contributed by atoms with Crippen LogP contribution in [0.1, 0.15) is 25.8 Å². The van der Waals surface area contributed by atoms with Gasteiger partial charge in [-0.05, 0) is 42.2 Å². The van der Waals surface area contributed by atoms with Gasteiger partial charge in [-0.3, -0.25) is 0 Å². The third-order valence-corrected chi connectivity index (χ3v) is 5.01. The second kappa shape index (κ2) is 10.0. The fraction of sp³-hybridized carbons (Fsp3) is 0.435. The maximum absolute atomic E-state index is 12.2. The highest BCUT2D eigenvalue weighted by molar-refractivity contribution is 5.74. The van der Waals surface area contributed by atoms with E-state index in [4.69, 9.17) is 4.74 Å². The van der Waals surface area contributed by atoms with Crippen LogP contribution < -0.4 is 15.0 Å². The van der Waals surface area contributed by atoms with E-state index >= 15 is 0 Å². The Morgan fingerprint density at radius 2 is 1.68 bits per heavy atom. The maximum atomic E-state index is 12.2. The Labute approximate surface area is 168 Å². The topological polar surface area (TPSA) is 44.8 Å². The minimum Gasteiger partial charge on any atom is -0.489 e. The van der Waals surface area contributed by atoms with Crippen LogP contribution in [-0.2, 0) is 6.61 Å². The Hall–Kier alpha value is -2.69. The molecule has 0 atom stereocenters. The summed E-state index contributed by atoms with van der Waals surface area (Å²) in [6.07, 6.45) is 1.02. The highest BCUT2D eigenvalue weighted by atomic mass is 16.5. The SMILES string of the molecule is CC(C)CCNC(=O)N1CCN(c2ccc(OCc3ccccc3)cc2)CC1. The second-order valence-electron chi connectivity index (χ2n) is 7.66. The van der Waals surface area contributed by atoms with Gasteiger partial charge in [0.05, 0.1) is 0 Å². The quantitative estimate of drug-likeness (QED) is 0.784. The van der Waals surface area contributed by atoms with E-state index in [1.807, 2.05) is 35.2 Å². The molecule has 5 nitrogen and oxygen atoms in total. The van der Waals surface area contributed by atoms with Gasteiger partial charge in [-0.25, -0.2) is 4.79 Å². The zero-order valence-electron chi connectivity index (χ0n) is 16.9. The molecular formula is C23H31N3O2. The Balaban J connectivity index is 1.43. The molecule has 0 aromatic heterocycles. The molecule has 1 fully saturated rings. The van der Waals surface area contributed by atoms with Gasteiger partial charge in [0, 0.05) is 38.4 Å². The monoisotopic (exact) mass is 381 g/mol. The number of carbonyl (C=O) groups excluding carboxylic acids is 1. The van der Waals surface area contributed by atoms with E-state index in [0.29, 0.717) is 12.5 Å². The van der Waals surface area contributed by atoms with Crippen LogP contribution in [0.3, 0.4) is 0 Å². The van der Waals surface area contributed by atoms with Crippen LogP contribution in [0.2, 0.25) is 0 Å². The summed E-state index contributed by atoms with van der Waals surface area (Å²) in [7, 11) is 0. The summed E-state index contributed by atoms with van der Waals surface area (Å²) in [5.74, 6) is 1.48. The average Bonchev–Trinajstić information content (AvgIpc) is 2.73. The predicted molar refractivity (Wildman–Crippen MR) is 114 cm³/mol. The van der Waals surface area contributed by atoms with E-state index in [-0.39, 0.29) is 6.03 Å². The molecule has 1 aliphatic rings. The molecule has 0 unspecified atom stereocenters. The number of carbonyl (C=O) groups is 1. The van der Waals surface area contributed by atoms with Crippen LogP contribution in [0.5, 0.6) is 5.75 Å². The number of urea groups is 1. The molecule has 0 spiro atoms. The molecule has 3 rings (SSSR count). The zero-order valence-corrected chi connectivity index (χ0v) is 16.9. The number of ether oxygens (including phenoxy) is 1. The van der Waals surface area contributed by atoms with E-state index in [1.165, 1.54) is 5.69 Å². The van der Waals surface area contributed by atoms with Gasteiger partial charge in [0.15, 0.2) is 0 Å². The average molecular weight is 382 g/mol. The third kappa shape index (κ3) is 5.91. The highest BCUT2D eigenvalue weighted by Crippen LogP contribution is 2.21. The molecular weight excluding hydrogens is 350 g/mol. The molecule has 28 heavy (non-hydrogen) atoms. The van der Waals surface area contributed by atoms with Gasteiger partial charge in [0.25, 0.3) is 0 Å². The van der Waals surface area contributed by atoms with Crippen LogP contribution >= 0.6 is 0 Å². The molecule has 1 aliphatic heterocycles. The van der Waals surface area contributed by atoms with Gasteiger partial charge >= 0.3 is 6.03 Å². The molecule has 150 valence electrons. The van der Waals surface area contributed by atoms with Gasteiger partial charge < -0.3 is 19.9 Å². The lowest BCUT2D eigenvalue weighted by molar-refractivity contribution is 0.194. The highest BCUT2D eigenvalue weighted by Gasteiger charge is 2.21. The van der Waals surface area contributed by atoms with Crippen molar-refractivity contribution >= 4 is 11.7 Å². The molecule has 1 heterocycles. The maximum Gasteiger partial charge on any atom is 0.317 e. The van der Waals surface area contributed by atoms with Crippen LogP contribution in [-0.4, -0.2) is 43.7 Å². The predicted octanol–water partition coefficient (Wildman–Crippen LogP) is 4.14. The normalized spacial score (nSPS) is 14.2. The summed E-state index contributed by atoms with van der Waals surface area (Å²) in [5.41, 5.74) is 2.33. The first-order valence-electron chi connectivity index (χ1n) is 10.2. The van der Waals surface area contributed by atoms with Crippen molar-refractivity contribution in [2.24, 2.45) is 5.92 Å². The summed E-state index contributed by atoms with van der Waals surface area (Å²) in [6, 6.07) is 18.5. The third-order valence-electron chi connectivity index (χ3n) is 5.01. The summed E-state index contributed by atoms with van der Waals surface area (Å²) in [5, 5.41) is 3.03.